The quantitative estimate of drug-likeness (QED) is 0.272. The fourth-order valence-corrected chi connectivity index (χ4v) is 5.56. The van der Waals surface area contributed by atoms with Crippen LogP contribution in [0.25, 0.3) is 0 Å². The van der Waals surface area contributed by atoms with Crippen LogP contribution in [0, 0.1) is 23.2 Å². The number of rotatable bonds is 10. The van der Waals surface area contributed by atoms with Crippen LogP contribution in [0.15, 0.2) is 12.7 Å². The van der Waals surface area contributed by atoms with Gasteiger partial charge in [0.25, 0.3) is 5.92 Å². The third-order valence-corrected chi connectivity index (χ3v) is 7.80. The molecular weight excluding hydrogens is 541 g/mol. The molecule has 3 N–H and O–H groups in total. The van der Waals surface area contributed by atoms with Gasteiger partial charge in [-0.3, -0.25) is 19.2 Å². The van der Waals surface area contributed by atoms with Gasteiger partial charge >= 0.3 is 12.1 Å². The summed E-state index contributed by atoms with van der Waals surface area (Å²) in [6.07, 6.45) is -3.22. The van der Waals surface area contributed by atoms with E-state index in [-0.39, 0.29) is 31.1 Å². The number of halogens is 5. The number of amides is 4. The Bertz CT molecular complexity index is 1030. The third kappa shape index (κ3) is 7.91. The number of carbonyl (C=O) groups excluding carboxylic acids is 4. The second-order valence-corrected chi connectivity index (χ2v) is 10.8. The Labute approximate surface area is 228 Å². The van der Waals surface area contributed by atoms with Crippen molar-refractivity contribution in [2.45, 2.75) is 100 Å². The first kappa shape index (κ1) is 31.3. The molecule has 40 heavy (non-hydrogen) atoms. The Morgan fingerprint density at radius 2 is 1.85 bits per heavy atom. The van der Waals surface area contributed by atoms with Gasteiger partial charge in [0.05, 0.1) is 6.07 Å². The minimum absolute atomic E-state index is 0.0762. The van der Waals surface area contributed by atoms with Gasteiger partial charge in [-0.25, -0.2) is 8.78 Å². The van der Waals surface area contributed by atoms with Gasteiger partial charge in [0.15, 0.2) is 0 Å². The second kappa shape index (κ2) is 13.0. The summed E-state index contributed by atoms with van der Waals surface area (Å²) in [7, 11) is 0. The van der Waals surface area contributed by atoms with E-state index < -0.39 is 72.7 Å². The SMILES string of the molecule is C=CC[C@H]1CC(F)(F)C[C@@H](C(=O)N[C@H](C#N)C[C@@H]2CCCNC2=O)N1C(=O)[C@H](CC1CCC1)NC(=O)C(F)(F)F. The number of nitriles is 1. The normalized spacial score (nSPS) is 26.4. The molecule has 1 saturated carbocycles. The zero-order valence-electron chi connectivity index (χ0n) is 21.9. The van der Waals surface area contributed by atoms with Gasteiger partial charge in [0, 0.05) is 31.3 Å². The highest BCUT2D eigenvalue weighted by Gasteiger charge is 2.52. The molecular formula is C26H34F5N5O4. The summed E-state index contributed by atoms with van der Waals surface area (Å²) in [4.78, 5) is 51.8. The van der Waals surface area contributed by atoms with Crippen molar-refractivity contribution < 1.29 is 41.1 Å². The maximum Gasteiger partial charge on any atom is 0.471 e. The van der Waals surface area contributed by atoms with Crippen LogP contribution in [0.3, 0.4) is 0 Å². The molecule has 222 valence electrons. The Hall–Kier alpha value is -3.24. The van der Waals surface area contributed by atoms with Crippen molar-refractivity contribution in [3.05, 3.63) is 12.7 Å². The maximum atomic E-state index is 14.8. The summed E-state index contributed by atoms with van der Waals surface area (Å²) in [5.41, 5.74) is 0. The smallest absolute Gasteiger partial charge is 0.356 e. The highest BCUT2D eigenvalue weighted by atomic mass is 19.4. The summed E-state index contributed by atoms with van der Waals surface area (Å²) in [6, 6.07) is -4.20. The van der Waals surface area contributed by atoms with E-state index >= 15 is 0 Å². The van der Waals surface area contributed by atoms with Crippen LogP contribution in [-0.4, -0.2) is 71.3 Å². The second-order valence-electron chi connectivity index (χ2n) is 10.8. The van der Waals surface area contributed by atoms with E-state index in [2.05, 4.69) is 17.2 Å². The van der Waals surface area contributed by atoms with Crippen LogP contribution < -0.4 is 16.0 Å². The summed E-state index contributed by atoms with van der Waals surface area (Å²) < 4.78 is 68.9. The van der Waals surface area contributed by atoms with Crippen molar-refractivity contribution in [2.24, 2.45) is 11.8 Å². The maximum absolute atomic E-state index is 14.8. The van der Waals surface area contributed by atoms with Gasteiger partial charge in [0.1, 0.15) is 18.1 Å². The fourth-order valence-electron chi connectivity index (χ4n) is 5.56. The highest BCUT2D eigenvalue weighted by Crippen LogP contribution is 2.39. The molecule has 0 aromatic carbocycles. The minimum atomic E-state index is -5.28. The molecule has 14 heteroatoms. The lowest BCUT2D eigenvalue weighted by Crippen LogP contribution is -2.65. The molecule has 0 unspecified atom stereocenters. The van der Waals surface area contributed by atoms with Crippen molar-refractivity contribution in [3.8, 4) is 6.07 Å². The number of alkyl halides is 5. The van der Waals surface area contributed by atoms with E-state index in [1.54, 1.807) is 5.32 Å². The van der Waals surface area contributed by atoms with E-state index in [1.165, 1.54) is 6.08 Å². The Morgan fingerprint density at radius 3 is 2.40 bits per heavy atom. The number of piperidine rings is 2. The lowest BCUT2D eigenvalue weighted by Gasteiger charge is -2.46. The molecule has 2 saturated heterocycles. The van der Waals surface area contributed by atoms with Crippen LogP contribution in [-0.2, 0) is 19.2 Å². The molecule has 0 bridgehead atoms. The zero-order chi connectivity index (χ0) is 29.7. The van der Waals surface area contributed by atoms with Gasteiger partial charge in [-0.15, -0.1) is 6.58 Å². The fraction of sp³-hybridized carbons (Fsp3) is 0.731. The van der Waals surface area contributed by atoms with E-state index in [1.807, 2.05) is 6.07 Å². The molecule has 0 aromatic heterocycles. The monoisotopic (exact) mass is 575 g/mol. The zero-order valence-corrected chi connectivity index (χ0v) is 21.9. The first-order valence-corrected chi connectivity index (χ1v) is 13.4. The lowest BCUT2D eigenvalue weighted by atomic mass is 9.80. The predicted molar refractivity (Wildman–Crippen MR) is 131 cm³/mol. The summed E-state index contributed by atoms with van der Waals surface area (Å²) >= 11 is 0. The standard InChI is InChI=1S/C26H34F5N5O4/c1-2-5-18-12-25(27,28)13-20(22(38)34-17(14-32)11-16-8-4-9-33-21(16)37)36(18)23(39)19(10-15-6-3-7-15)35-24(40)26(29,30)31/h2,15-20H,1,3-13H2,(H,33,37)(H,34,38)(H,35,40)/t16-,17-,18-,19-,20-/m0/s1. The van der Waals surface area contributed by atoms with E-state index in [4.69, 9.17) is 0 Å². The molecule has 0 aromatic rings. The van der Waals surface area contributed by atoms with Crippen molar-refractivity contribution in [2.75, 3.05) is 6.54 Å². The van der Waals surface area contributed by atoms with Crippen LogP contribution in [0.2, 0.25) is 0 Å². The van der Waals surface area contributed by atoms with Crippen LogP contribution in [0.5, 0.6) is 0 Å². The van der Waals surface area contributed by atoms with E-state index in [0.29, 0.717) is 32.2 Å². The van der Waals surface area contributed by atoms with Gasteiger partial charge in [-0.1, -0.05) is 25.3 Å². The Morgan fingerprint density at radius 1 is 1.15 bits per heavy atom. The predicted octanol–water partition coefficient (Wildman–Crippen LogP) is 2.72. The van der Waals surface area contributed by atoms with Crippen LogP contribution in [0.4, 0.5) is 22.0 Å². The van der Waals surface area contributed by atoms with Gasteiger partial charge in [0.2, 0.25) is 17.7 Å². The van der Waals surface area contributed by atoms with E-state index in [9.17, 15) is 46.4 Å². The lowest BCUT2D eigenvalue weighted by molar-refractivity contribution is -0.176. The topological polar surface area (TPSA) is 131 Å². The highest BCUT2D eigenvalue weighted by molar-refractivity contribution is 5.93. The van der Waals surface area contributed by atoms with Gasteiger partial charge in [-0.2, -0.15) is 18.4 Å². The number of carbonyl (C=O) groups is 4. The average Bonchev–Trinajstić information content (AvgIpc) is 2.84. The molecule has 3 aliphatic rings. The molecule has 5 atom stereocenters. The number of hydrogen-bond acceptors (Lipinski definition) is 5. The van der Waals surface area contributed by atoms with Gasteiger partial charge < -0.3 is 20.9 Å². The molecule has 2 aliphatic heterocycles. The van der Waals surface area contributed by atoms with Crippen LogP contribution in [0.1, 0.15) is 64.2 Å². The number of likely N-dealkylation sites (tertiary alicyclic amines) is 1. The van der Waals surface area contributed by atoms with Gasteiger partial charge in [-0.05, 0) is 38.0 Å². The van der Waals surface area contributed by atoms with Crippen molar-refractivity contribution in [1.82, 2.24) is 20.9 Å². The van der Waals surface area contributed by atoms with E-state index in [0.717, 1.165) is 11.3 Å². The largest absolute Gasteiger partial charge is 0.471 e. The summed E-state index contributed by atoms with van der Waals surface area (Å²) in [5.74, 6) is -8.95. The Kier molecular flexibility index (Phi) is 10.1. The number of hydrogen-bond donors (Lipinski definition) is 3. The summed E-state index contributed by atoms with van der Waals surface area (Å²) in [5, 5.41) is 16.3. The number of nitrogens with one attached hydrogen (secondary N) is 3. The van der Waals surface area contributed by atoms with Crippen molar-refractivity contribution >= 4 is 23.6 Å². The first-order chi connectivity index (χ1) is 18.8. The molecule has 9 nitrogen and oxygen atoms in total. The Balaban J connectivity index is 1.88. The van der Waals surface area contributed by atoms with Crippen molar-refractivity contribution in [1.29, 1.82) is 5.26 Å². The van der Waals surface area contributed by atoms with Crippen molar-refractivity contribution in [3.63, 3.8) is 0 Å². The third-order valence-electron chi connectivity index (χ3n) is 7.80. The minimum Gasteiger partial charge on any atom is -0.356 e. The molecule has 1 aliphatic carbocycles. The first-order valence-electron chi connectivity index (χ1n) is 13.4. The van der Waals surface area contributed by atoms with Crippen LogP contribution >= 0.6 is 0 Å². The number of nitrogens with zero attached hydrogens (tertiary/aromatic N) is 2. The summed E-state index contributed by atoms with van der Waals surface area (Å²) in [6.45, 7) is 3.99. The molecule has 4 amide bonds. The molecule has 2 heterocycles. The molecule has 0 spiro atoms. The molecule has 0 radical (unpaired) electrons. The molecule has 3 rings (SSSR count). The average molecular weight is 576 g/mol. The molecule has 3 fully saturated rings.